The van der Waals surface area contributed by atoms with Gasteiger partial charge in [0.2, 0.25) is 5.91 Å². The van der Waals surface area contributed by atoms with E-state index in [-0.39, 0.29) is 17.4 Å². The molecule has 1 aliphatic heterocycles. The van der Waals surface area contributed by atoms with Crippen LogP contribution in [0.15, 0.2) is 54.6 Å². The van der Waals surface area contributed by atoms with Crippen LogP contribution in [0.5, 0.6) is 5.75 Å². The molecule has 2 aliphatic rings. The number of fused-ring (bicyclic) bond motifs is 2. The summed E-state index contributed by atoms with van der Waals surface area (Å²) in [7, 11) is 2.19. The predicted octanol–water partition coefficient (Wildman–Crippen LogP) is 3.25. The van der Waals surface area contributed by atoms with E-state index in [0.29, 0.717) is 18.2 Å². The summed E-state index contributed by atoms with van der Waals surface area (Å²) in [5, 5.41) is 13.3. The van der Waals surface area contributed by atoms with E-state index in [0.717, 1.165) is 37.8 Å². The monoisotopic (exact) mass is 364 g/mol. The summed E-state index contributed by atoms with van der Waals surface area (Å²) in [5.41, 5.74) is 2.30. The van der Waals surface area contributed by atoms with Gasteiger partial charge in [-0.3, -0.25) is 4.79 Å². The molecule has 0 unspecified atom stereocenters. The number of aromatic hydroxyl groups is 1. The summed E-state index contributed by atoms with van der Waals surface area (Å²) < 4.78 is 0. The number of likely N-dealkylation sites (tertiary alicyclic amines) is 1. The van der Waals surface area contributed by atoms with Gasteiger partial charge < -0.3 is 15.3 Å². The molecule has 3 atom stereocenters. The van der Waals surface area contributed by atoms with Gasteiger partial charge in [0.25, 0.3) is 0 Å². The summed E-state index contributed by atoms with van der Waals surface area (Å²) in [5.74, 6) is 0.424. The normalized spacial score (nSPS) is 27.9. The number of amides is 1. The molecule has 2 bridgehead atoms. The fourth-order valence-corrected chi connectivity index (χ4v) is 5.00. The molecular formula is C23H28N2O2. The molecule has 2 N–H and O–H groups in total. The molecule has 1 amide bonds. The molecule has 2 fully saturated rings. The number of hydrogen-bond acceptors (Lipinski definition) is 3. The minimum absolute atomic E-state index is 0.0405. The Morgan fingerprint density at radius 3 is 2.78 bits per heavy atom. The Balaban J connectivity index is 1.52. The van der Waals surface area contributed by atoms with Gasteiger partial charge in [0.05, 0.1) is 6.42 Å². The second-order valence-electron chi connectivity index (χ2n) is 8.29. The zero-order valence-electron chi connectivity index (χ0n) is 15.9. The molecule has 1 saturated heterocycles. The van der Waals surface area contributed by atoms with E-state index in [1.54, 1.807) is 6.07 Å². The lowest BCUT2D eigenvalue weighted by molar-refractivity contribution is -0.121. The molecule has 142 valence electrons. The van der Waals surface area contributed by atoms with Crippen molar-refractivity contribution in [3.8, 4) is 5.75 Å². The molecule has 4 heteroatoms. The Hall–Kier alpha value is -2.33. The van der Waals surface area contributed by atoms with Crippen molar-refractivity contribution in [3.63, 3.8) is 0 Å². The van der Waals surface area contributed by atoms with Gasteiger partial charge in [-0.1, -0.05) is 42.5 Å². The number of phenols is 1. The van der Waals surface area contributed by atoms with Crippen LogP contribution in [-0.4, -0.2) is 41.6 Å². The number of nitrogens with zero attached hydrogens (tertiary/aromatic N) is 1. The second-order valence-corrected chi connectivity index (χ2v) is 8.29. The highest BCUT2D eigenvalue weighted by Gasteiger charge is 2.46. The van der Waals surface area contributed by atoms with Crippen LogP contribution in [0.4, 0.5) is 0 Å². The maximum absolute atomic E-state index is 12.6. The molecule has 1 aliphatic carbocycles. The molecule has 4 nitrogen and oxygen atoms in total. The van der Waals surface area contributed by atoms with Gasteiger partial charge in [0.15, 0.2) is 0 Å². The van der Waals surface area contributed by atoms with Crippen LogP contribution in [0.3, 0.4) is 0 Å². The Labute approximate surface area is 161 Å². The lowest BCUT2D eigenvalue weighted by atomic mass is 9.62. The summed E-state index contributed by atoms with van der Waals surface area (Å²) in [6.45, 7) is 1.06. The van der Waals surface area contributed by atoms with Gasteiger partial charge in [-0.25, -0.2) is 0 Å². The lowest BCUT2D eigenvalue weighted by Gasteiger charge is -2.52. The molecule has 2 aromatic rings. The average Bonchev–Trinajstić information content (AvgIpc) is 2.66. The van der Waals surface area contributed by atoms with Gasteiger partial charge in [-0.05, 0) is 62.5 Å². The van der Waals surface area contributed by atoms with Crippen LogP contribution >= 0.6 is 0 Å². The van der Waals surface area contributed by atoms with Crippen molar-refractivity contribution in [1.29, 1.82) is 0 Å². The van der Waals surface area contributed by atoms with Gasteiger partial charge in [0, 0.05) is 17.5 Å². The molecule has 2 aromatic carbocycles. The Kier molecular flexibility index (Phi) is 4.92. The van der Waals surface area contributed by atoms with Gasteiger partial charge >= 0.3 is 0 Å². The first-order valence-electron chi connectivity index (χ1n) is 9.87. The van der Waals surface area contributed by atoms with Gasteiger partial charge in [-0.15, -0.1) is 0 Å². The Morgan fingerprint density at radius 1 is 1.19 bits per heavy atom. The van der Waals surface area contributed by atoms with Crippen molar-refractivity contribution in [2.75, 3.05) is 13.6 Å². The number of benzene rings is 2. The van der Waals surface area contributed by atoms with Gasteiger partial charge in [0.1, 0.15) is 5.75 Å². The number of carbonyl (C=O) groups excluding carboxylic acids is 1. The summed E-state index contributed by atoms with van der Waals surface area (Å²) >= 11 is 0. The van der Waals surface area contributed by atoms with Crippen molar-refractivity contribution < 1.29 is 9.90 Å². The number of nitrogens with one attached hydrogen (secondary N) is 1. The number of hydrogen-bond donors (Lipinski definition) is 2. The highest BCUT2D eigenvalue weighted by Crippen LogP contribution is 2.47. The third-order valence-corrected chi connectivity index (χ3v) is 6.42. The maximum atomic E-state index is 12.6. The second kappa shape index (κ2) is 7.35. The van der Waals surface area contributed by atoms with Crippen LogP contribution in [-0.2, 0) is 16.6 Å². The summed E-state index contributed by atoms with van der Waals surface area (Å²) in [6.07, 6.45) is 4.53. The molecule has 0 radical (unpaired) electrons. The van der Waals surface area contributed by atoms with Crippen molar-refractivity contribution in [2.45, 2.75) is 49.6 Å². The van der Waals surface area contributed by atoms with E-state index < -0.39 is 0 Å². The first-order chi connectivity index (χ1) is 13.0. The fourth-order valence-electron chi connectivity index (χ4n) is 5.00. The van der Waals surface area contributed by atoms with Crippen molar-refractivity contribution in [3.05, 3.63) is 65.7 Å². The van der Waals surface area contributed by atoms with E-state index in [1.165, 1.54) is 5.56 Å². The number of phenolic OH excluding ortho intramolecular Hbond substituents is 1. The quantitative estimate of drug-likeness (QED) is 0.876. The third-order valence-electron chi connectivity index (χ3n) is 6.42. The maximum Gasteiger partial charge on any atom is 0.224 e. The molecule has 0 spiro atoms. The van der Waals surface area contributed by atoms with Crippen molar-refractivity contribution in [1.82, 2.24) is 10.2 Å². The van der Waals surface area contributed by atoms with Crippen LogP contribution in [0.2, 0.25) is 0 Å². The third kappa shape index (κ3) is 3.86. The predicted molar refractivity (Wildman–Crippen MR) is 107 cm³/mol. The molecule has 0 aromatic heterocycles. The van der Waals surface area contributed by atoms with Crippen LogP contribution < -0.4 is 5.32 Å². The van der Waals surface area contributed by atoms with E-state index in [2.05, 4.69) is 23.3 Å². The standard InChI is InChI=1S/C23H28N2O2/c1-25-11-10-23(18-8-5-9-21(26)13-18)15-19(14-20(25)16-23)24-22(27)12-17-6-3-2-4-7-17/h2-9,13,19-20,26H,10-12,14-16H2,1H3,(H,24,27)/t19-,20-,23-/m1/s1. The Morgan fingerprint density at radius 2 is 2.00 bits per heavy atom. The number of piperidine rings is 1. The molecule has 4 rings (SSSR count). The van der Waals surface area contributed by atoms with E-state index in [9.17, 15) is 9.90 Å². The van der Waals surface area contributed by atoms with Crippen LogP contribution in [0.1, 0.15) is 36.8 Å². The minimum atomic E-state index is 0.0405. The SMILES string of the molecule is CN1CC[C@@]2(c3cccc(O)c3)C[C@H](NC(=O)Cc3ccccc3)C[C@@H]1C2. The number of carbonyl (C=O) groups is 1. The van der Waals surface area contributed by atoms with Gasteiger partial charge in [-0.2, -0.15) is 0 Å². The minimum Gasteiger partial charge on any atom is -0.508 e. The van der Waals surface area contributed by atoms with E-state index in [4.69, 9.17) is 0 Å². The summed E-state index contributed by atoms with van der Waals surface area (Å²) in [4.78, 5) is 15.0. The highest BCUT2D eigenvalue weighted by atomic mass is 16.3. The smallest absolute Gasteiger partial charge is 0.224 e. The highest BCUT2D eigenvalue weighted by molar-refractivity contribution is 5.78. The van der Waals surface area contributed by atoms with E-state index >= 15 is 0 Å². The molecule has 1 heterocycles. The first kappa shape index (κ1) is 18.1. The zero-order valence-corrected chi connectivity index (χ0v) is 15.9. The van der Waals surface area contributed by atoms with E-state index in [1.807, 2.05) is 42.5 Å². The van der Waals surface area contributed by atoms with Crippen molar-refractivity contribution in [2.24, 2.45) is 0 Å². The topological polar surface area (TPSA) is 52.6 Å². The van der Waals surface area contributed by atoms with Crippen molar-refractivity contribution >= 4 is 5.91 Å². The Bertz CT molecular complexity index is 807. The first-order valence-corrected chi connectivity index (χ1v) is 9.87. The average molecular weight is 364 g/mol. The molecule has 1 saturated carbocycles. The zero-order chi connectivity index (χ0) is 18.9. The van der Waals surface area contributed by atoms with Crippen LogP contribution in [0, 0.1) is 0 Å². The lowest BCUT2D eigenvalue weighted by Crippen LogP contribution is -2.57. The largest absolute Gasteiger partial charge is 0.508 e. The number of rotatable bonds is 4. The molecular weight excluding hydrogens is 336 g/mol. The van der Waals surface area contributed by atoms with Crippen LogP contribution in [0.25, 0.3) is 0 Å². The summed E-state index contributed by atoms with van der Waals surface area (Å²) in [6, 6.07) is 18.3. The fraction of sp³-hybridized carbons (Fsp3) is 0.435. The molecule has 27 heavy (non-hydrogen) atoms.